The predicted molar refractivity (Wildman–Crippen MR) is 126 cm³/mol. The van der Waals surface area contributed by atoms with Gasteiger partial charge in [-0.25, -0.2) is 4.98 Å². The van der Waals surface area contributed by atoms with E-state index in [1.54, 1.807) is 42.5 Å². The van der Waals surface area contributed by atoms with E-state index in [-0.39, 0.29) is 5.50 Å². The number of anilines is 2. The molecule has 0 spiro atoms. The van der Waals surface area contributed by atoms with Crippen molar-refractivity contribution in [2.45, 2.75) is 23.7 Å². The highest BCUT2D eigenvalue weighted by Crippen LogP contribution is 2.40. The maximum atomic E-state index is 11.3. The number of thioether (sulfide) groups is 1. The number of rotatable bonds is 4. The van der Waals surface area contributed by atoms with Gasteiger partial charge in [0.25, 0.3) is 0 Å². The van der Waals surface area contributed by atoms with E-state index in [1.165, 1.54) is 19.5 Å². The van der Waals surface area contributed by atoms with Crippen molar-refractivity contribution in [2.75, 3.05) is 23.7 Å². The van der Waals surface area contributed by atoms with E-state index in [1.807, 2.05) is 12.1 Å². The molecule has 0 aliphatic carbocycles. The number of hydrogen-bond acceptors (Lipinski definition) is 7. The number of primary amides is 1. The summed E-state index contributed by atoms with van der Waals surface area (Å²) in [6, 6.07) is 13.5. The fourth-order valence-electron chi connectivity index (χ4n) is 3.42. The number of nitrogens with two attached hydrogens (primary N) is 1. The number of benzene rings is 1. The normalized spacial score (nSPS) is 19.0. The third kappa shape index (κ3) is 5.53. The van der Waals surface area contributed by atoms with E-state index in [9.17, 15) is 4.79 Å². The minimum Gasteiger partial charge on any atom is -0.366 e. The second kappa shape index (κ2) is 9.80. The minimum atomic E-state index is -0.470. The van der Waals surface area contributed by atoms with E-state index in [0.29, 0.717) is 11.4 Å². The first-order valence-electron chi connectivity index (χ1n) is 10.3. The van der Waals surface area contributed by atoms with Gasteiger partial charge in [0.05, 0.1) is 5.69 Å². The van der Waals surface area contributed by atoms with Crippen molar-refractivity contribution in [3.05, 3.63) is 66.6 Å². The average molecular weight is 435 g/mol. The minimum absolute atomic E-state index is 0.0710. The highest BCUT2D eigenvalue weighted by molar-refractivity contribution is 8.00. The summed E-state index contributed by atoms with van der Waals surface area (Å²) in [5, 5.41) is 9.93. The van der Waals surface area contributed by atoms with Gasteiger partial charge in [-0.15, -0.1) is 0 Å². The number of nitrogens with one attached hydrogen (secondary N) is 3. The van der Waals surface area contributed by atoms with Crippen LogP contribution in [0.1, 0.15) is 23.7 Å². The van der Waals surface area contributed by atoms with Gasteiger partial charge in [-0.05, 0) is 73.0 Å². The molecule has 2 atom stereocenters. The van der Waals surface area contributed by atoms with E-state index in [4.69, 9.17) is 5.73 Å². The van der Waals surface area contributed by atoms with Crippen LogP contribution >= 0.6 is 11.8 Å². The fraction of sp³-hybridized carbons (Fsp3) is 0.261. The van der Waals surface area contributed by atoms with Gasteiger partial charge in [-0.1, -0.05) is 24.8 Å². The molecule has 3 aromatic rings. The lowest BCUT2D eigenvalue weighted by molar-refractivity contribution is 0.1000. The van der Waals surface area contributed by atoms with E-state index < -0.39 is 5.91 Å². The summed E-state index contributed by atoms with van der Waals surface area (Å²) in [5.74, 6) is 1.07. The quantitative estimate of drug-likeness (QED) is 0.495. The number of nitrogens with zero attached hydrogens (tertiary/aromatic N) is 2. The number of amides is 1. The van der Waals surface area contributed by atoms with Gasteiger partial charge in [0.2, 0.25) is 5.91 Å². The maximum absolute atomic E-state index is 11.3. The molecule has 2 aromatic heterocycles. The second-order valence-corrected chi connectivity index (χ2v) is 8.77. The zero-order chi connectivity index (χ0) is 21.6. The Bertz CT molecular complexity index is 1040. The summed E-state index contributed by atoms with van der Waals surface area (Å²) < 4.78 is 0. The molecule has 2 aliphatic heterocycles. The lowest BCUT2D eigenvalue weighted by Crippen LogP contribution is -2.22. The number of aromatic nitrogens is 2. The topological polar surface area (TPSA) is 105 Å². The van der Waals surface area contributed by atoms with E-state index in [0.717, 1.165) is 27.6 Å². The van der Waals surface area contributed by atoms with Gasteiger partial charge in [0, 0.05) is 29.0 Å². The standard InChI is InChI=1S/C18H15N5OS.C5H11N/c19-17(24)13-5-8-21-16(10-13)23-18-22-14-2-1-12(9-15(14)25-18)11-3-6-20-7-4-11;1-5-2-3-6-4-5/h1-10,18,22H,(H2,19,24)(H,21,23);5-6H,2-4H2,1H3. The molecule has 5 N–H and O–H groups in total. The summed E-state index contributed by atoms with van der Waals surface area (Å²) in [6.45, 7) is 4.75. The van der Waals surface area contributed by atoms with Crippen molar-refractivity contribution < 1.29 is 4.79 Å². The Labute approximate surface area is 186 Å². The zero-order valence-corrected chi connectivity index (χ0v) is 18.2. The monoisotopic (exact) mass is 434 g/mol. The third-order valence-corrected chi connectivity index (χ3v) is 6.22. The Balaban J connectivity index is 0.000000334. The van der Waals surface area contributed by atoms with Crippen LogP contribution in [0.3, 0.4) is 0 Å². The van der Waals surface area contributed by atoms with Crippen LogP contribution in [0, 0.1) is 5.92 Å². The first-order chi connectivity index (χ1) is 15.1. The van der Waals surface area contributed by atoms with Crippen LogP contribution in [0.4, 0.5) is 11.5 Å². The summed E-state index contributed by atoms with van der Waals surface area (Å²) in [7, 11) is 0. The largest absolute Gasteiger partial charge is 0.366 e. The average Bonchev–Trinajstić information content (AvgIpc) is 3.42. The first-order valence-corrected chi connectivity index (χ1v) is 11.2. The number of pyridine rings is 2. The molecular formula is C23H26N6OS. The highest BCUT2D eigenvalue weighted by Gasteiger charge is 2.22. The van der Waals surface area contributed by atoms with E-state index in [2.05, 4.69) is 51.0 Å². The van der Waals surface area contributed by atoms with Gasteiger partial charge >= 0.3 is 0 Å². The Morgan fingerprint density at radius 3 is 2.65 bits per heavy atom. The zero-order valence-electron chi connectivity index (χ0n) is 17.3. The van der Waals surface area contributed by atoms with Gasteiger partial charge < -0.3 is 21.7 Å². The predicted octanol–water partition coefficient (Wildman–Crippen LogP) is 3.77. The molecule has 4 heterocycles. The van der Waals surface area contributed by atoms with Crippen molar-refractivity contribution in [3.63, 3.8) is 0 Å². The Morgan fingerprint density at radius 2 is 1.97 bits per heavy atom. The molecule has 7 nitrogen and oxygen atoms in total. The molecule has 160 valence electrons. The molecule has 31 heavy (non-hydrogen) atoms. The van der Waals surface area contributed by atoms with Crippen LogP contribution in [-0.4, -0.2) is 34.5 Å². The van der Waals surface area contributed by atoms with Crippen LogP contribution in [0.15, 0.2) is 66.0 Å². The van der Waals surface area contributed by atoms with Gasteiger partial charge in [-0.2, -0.15) is 0 Å². The number of fused-ring (bicyclic) bond motifs is 1. The molecule has 1 fully saturated rings. The van der Waals surface area contributed by atoms with Crippen molar-refractivity contribution in [1.82, 2.24) is 15.3 Å². The van der Waals surface area contributed by atoms with Gasteiger partial charge in [0.15, 0.2) is 5.50 Å². The molecule has 1 saturated heterocycles. The van der Waals surface area contributed by atoms with Gasteiger partial charge in [0.1, 0.15) is 5.82 Å². The van der Waals surface area contributed by atoms with Crippen LogP contribution in [0.25, 0.3) is 11.1 Å². The van der Waals surface area contributed by atoms with Crippen LogP contribution in [-0.2, 0) is 0 Å². The molecule has 0 saturated carbocycles. The number of carbonyl (C=O) groups is 1. The van der Waals surface area contributed by atoms with Crippen molar-refractivity contribution in [1.29, 1.82) is 0 Å². The summed E-state index contributed by atoms with van der Waals surface area (Å²) in [6.07, 6.45) is 6.52. The van der Waals surface area contributed by atoms with E-state index >= 15 is 0 Å². The van der Waals surface area contributed by atoms with Crippen LogP contribution in [0.5, 0.6) is 0 Å². The third-order valence-electron chi connectivity index (χ3n) is 5.16. The molecule has 2 aliphatic rings. The highest BCUT2D eigenvalue weighted by atomic mass is 32.2. The van der Waals surface area contributed by atoms with Crippen LogP contribution < -0.4 is 21.7 Å². The van der Waals surface area contributed by atoms with Crippen molar-refractivity contribution in [3.8, 4) is 11.1 Å². The van der Waals surface area contributed by atoms with Gasteiger partial charge in [-0.3, -0.25) is 9.78 Å². The first kappa shape index (κ1) is 21.1. The Morgan fingerprint density at radius 1 is 1.13 bits per heavy atom. The summed E-state index contributed by atoms with van der Waals surface area (Å²) >= 11 is 1.66. The maximum Gasteiger partial charge on any atom is 0.248 e. The molecule has 0 bridgehead atoms. The second-order valence-electron chi connectivity index (χ2n) is 7.63. The molecule has 8 heteroatoms. The fourth-order valence-corrected chi connectivity index (χ4v) is 4.49. The molecule has 0 radical (unpaired) electrons. The van der Waals surface area contributed by atoms with Crippen LogP contribution in [0.2, 0.25) is 0 Å². The summed E-state index contributed by atoms with van der Waals surface area (Å²) in [5.41, 5.74) is 9.00. The lowest BCUT2D eigenvalue weighted by atomic mass is 10.1. The molecule has 1 amide bonds. The Hall–Kier alpha value is -3.10. The summed E-state index contributed by atoms with van der Waals surface area (Å²) in [4.78, 5) is 20.7. The number of hydrogen-bond donors (Lipinski definition) is 4. The smallest absolute Gasteiger partial charge is 0.248 e. The molecule has 5 rings (SSSR count). The molecule has 1 aromatic carbocycles. The SMILES string of the molecule is CC1CCNC1.NC(=O)c1ccnc(NC2Nc3ccc(-c4ccncc4)cc3S2)c1. The van der Waals surface area contributed by atoms with Crippen molar-refractivity contribution >= 4 is 29.2 Å². The molecule has 2 unspecified atom stereocenters. The number of carbonyl (C=O) groups excluding carboxylic acids is 1. The van der Waals surface area contributed by atoms with Crippen molar-refractivity contribution in [2.24, 2.45) is 11.7 Å². The molecular weight excluding hydrogens is 408 g/mol. The Kier molecular flexibility index (Phi) is 6.69. The lowest BCUT2D eigenvalue weighted by Gasteiger charge is -2.13.